The maximum absolute atomic E-state index is 13.6. The van der Waals surface area contributed by atoms with Gasteiger partial charge in [-0.05, 0) is 24.3 Å². The molecular weight excluding hydrogens is 384 g/mol. The molecule has 1 aromatic carbocycles. The summed E-state index contributed by atoms with van der Waals surface area (Å²) in [4.78, 5) is 24.0. The highest BCUT2D eigenvalue weighted by atomic mass is 79.9. The van der Waals surface area contributed by atoms with Crippen LogP contribution in [0.5, 0.6) is 0 Å². The molecule has 4 nitrogen and oxygen atoms in total. The lowest BCUT2D eigenvalue weighted by Gasteiger charge is -2.33. The molecule has 0 bridgehead atoms. The van der Waals surface area contributed by atoms with Crippen LogP contribution in [0.2, 0.25) is 0 Å². The van der Waals surface area contributed by atoms with Gasteiger partial charge in [-0.25, -0.2) is 13.6 Å². The molecule has 0 unspecified atom stereocenters. The van der Waals surface area contributed by atoms with Gasteiger partial charge in [-0.15, -0.1) is 0 Å². The average Bonchev–Trinajstić information content (AvgIpc) is 2.57. The van der Waals surface area contributed by atoms with Crippen LogP contribution >= 0.6 is 15.9 Å². The van der Waals surface area contributed by atoms with Crippen molar-refractivity contribution in [2.24, 2.45) is 5.92 Å². The van der Waals surface area contributed by atoms with E-state index < -0.39 is 30.4 Å². The van der Waals surface area contributed by atoms with Gasteiger partial charge >= 0.3 is 6.09 Å². The fourth-order valence-electron chi connectivity index (χ4n) is 2.93. The smallest absolute Gasteiger partial charge is 0.408 e. The summed E-state index contributed by atoms with van der Waals surface area (Å²) in [5, 5.41) is 2.47. The zero-order chi connectivity index (χ0) is 17.6. The molecule has 7 heteroatoms. The highest BCUT2D eigenvalue weighted by Gasteiger charge is 2.41. The van der Waals surface area contributed by atoms with Gasteiger partial charge in [0.25, 0.3) is 0 Å². The first-order valence-electron chi connectivity index (χ1n) is 7.85. The lowest BCUT2D eigenvalue weighted by atomic mass is 9.80. The van der Waals surface area contributed by atoms with E-state index in [0.29, 0.717) is 12.8 Å². The van der Waals surface area contributed by atoms with Crippen LogP contribution in [0.3, 0.4) is 0 Å². The van der Waals surface area contributed by atoms with Crippen molar-refractivity contribution in [3.05, 3.63) is 35.9 Å². The normalized spacial score (nSPS) is 20.9. The molecule has 0 aromatic heterocycles. The van der Waals surface area contributed by atoms with Crippen LogP contribution in [-0.2, 0) is 16.1 Å². The number of ether oxygens (including phenoxy) is 1. The molecule has 1 fully saturated rings. The van der Waals surface area contributed by atoms with Crippen molar-refractivity contribution in [3.8, 4) is 0 Å². The minimum atomic E-state index is -2.79. The first kappa shape index (κ1) is 18.8. The van der Waals surface area contributed by atoms with E-state index in [0.717, 1.165) is 5.56 Å². The summed E-state index contributed by atoms with van der Waals surface area (Å²) < 4.78 is 32.3. The highest BCUT2D eigenvalue weighted by Crippen LogP contribution is 2.38. The van der Waals surface area contributed by atoms with Gasteiger partial charge in [-0.1, -0.05) is 46.3 Å². The van der Waals surface area contributed by atoms with E-state index in [2.05, 4.69) is 21.2 Å². The summed E-state index contributed by atoms with van der Waals surface area (Å²) in [5.74, 6) is -3.69. The van der Waals surface area contributed by atoms with Crippen molar-refractivity contribution >= 4 is 27.8 Å². The van der Waals surface area contributed by atoms with E-state index in [1.807, 2.05) is 18.2 Å². The molecule has 1 aliphatic carbocycles. The van der Waals surface area contributed by atoms with Crippen molar-refractivity contribution in [1.82, 2.24) is 5.32 Å². The molecule has 2 rings (SSSR count). The molecule has 1 N–H and O–H groups in total. The van der Waals surface area contributed by atoms with Gasteiger partial charge in [0.1, 0.15) is 6.61 Å². The number of nitrogens with one attached hydrogen (secondary N) is 1. The number of amides is 1. The first-order chi connectivity index (χ1) is 11.4. The Morgan fingerprint density at radius 2 is 2.04 bits per heavy atom. The molecule has 0 saturated heterocycles. The molecule has 0 radical (unpaired) electrons. The molecule has 1 aromatic rings. The Labute approximate surface area is 148 Å². The maximum Gasteiger partial charge on any atom is 0.408 e. The third kappa shape index (κ3) is 5.54. The molecule has 0 spiro atoms. The zero-order valence-electron chi connectivity index (χ0n) is 13.1. The van der Waals surface area contributed by atoms with Crippen molar-refractivity contribution in [2.45, 2.75) is 44.3 Å². The van der Waals surface area contributed by atoms with Crippen LogP contribution in [0.1, 0.15) is 31.2 Å². The Morgan fingerprint density at radius 1 is 1.33 bits per heavy atom. The highest BCUT2D eigenvalue weighted by molar-refractivity contribution is 9.09. The Morgan fingerprint density at radius 3 is 2.67 bits per heavy atom. The SMILES string of the molecule is O=C(N[C@H](C(=O)CBr)[C@@H]1CCCC(F)(F)C1)OCc1ccccc1. The van der Waals surface area contributed by atoms with Crippen molar-refractivity contribution in [1.29, 1.82) is 0 Å². The third-order valence-corrected chi connectivity index (χ3v) is 4.67. The number of benzene rings is 1. The van der Waals surface area contributed by atoms with Crippen LogP contribution in [0, 0.1) is 5.92 Å². The predicted molar refractivity (Wildman–Crippen MR) is 89.3 cm³/mol. The van der Waals surface area contributed by atoms with E-state index in [9.17, 15) is 18.4 Å². The van der Waals surface area contributed by atoms with E-state index in [4.69, 9.17) is 4.74 Å². The number of halogens is 3. The summed E-state index contributed by atoms with van der Waals surface area (Å²) in [7, 11) is 0. The van der Waals surface area contributed by atoms with Gasteiger partial charge in [0.05, 0.1) is 11.4 Å². The fourth-order valence-corrected chi connectivity index (χ4v) is 3.28. The predicted octanol–water partition coefficient (Wildman–Crippen LogP) is 4.07. The number of alkyl carbamates (subject to hydrolysis) is 1. The quantitative estimate of drug-likeness (QED) is 0.728. The topological polar surface area (TPSA) is 55.4 Å². The van der Waals surface area contributed by atoms with E-state index in [-0.39, 0.29) is 24.1 Å². The molecule has 0 aliphatic heterocycles. The van der Waals surface area contributed by atoms with Crippen molar-refractivity contribution in [2.75, 3.05) is 5.33 Å². The number of alkyl halides is 3. The molecule has 24 heavy (non-hydrogen) atoms. The number of hydrogen-bond donors (Lipinski definition) is 1. The molecular formula is C17H20BrF2NO3. The minimum absolute atomic E-state index is 0.00129. The Balaban J connectivity index is 1.95. The van der Waals surface area contributed by atoms with Crippen LogP contribution in [0.25, 0.3) is 0 Å². The lowest BCUT2D eigenvalue weighted by Crippen LogP contribution is -2.49. The summed E-state index contributed by atoms with van der Waals surface area (Å²) in [6, 6.07) is 8.12. The number of rotatable bonds is 6. The summed E-state index contributed by atoms with van der Waals surface area (Å²) in [6.07, 6.45) is -0.512. The van der Waals surface area contributed by atoms with Gasteiger partial charge < -0.3 is 10.1 Å². The van der Waals surface area contributed by atoms with E-state index >= 15 is 0 Å². The molecule has 1 saturated carbocycles. The molecule has 132 valence electrons. The van der Waals surface area contributed by atoms with E-state index in [1.165, 1.54) is 0 Å². The molecule has 1 amide bonds. The summed E-state index contributed by atoms with van der Waals surface area (Å²) in [5.41, 5.74) is 0.806. The number of hydrogen-bond acceptors (Lipinski definition) is 3. The monoisotopic (exact) mass is 403 g/mol. The zero-order valence-corrected chi connectivity index (χ0v) is 14.7. The minimum Gasteiger partial charge on any atom is -0.445 e. The number of ketones is 1. The van der Waals surface area contributed by atoms with E-state index in [1.54, 1.807) is 12.1 Å². The Bertz CT molecular complexity index is 568. The average molecular weight is 404 g/mol. The Hall–Kier alpha value is -1.50. The van der Waals surface area contributed by atoms with Gasteiger partial charge in [-0.3, -0.25) is 4.79 Å². The Kier molecular flexibility index (Phi) is 6.71. The van der Waals surface area contributed by atoms with Crippen molar-refractivity contribution in [3.63, 3.8) is 0 Å². The van der Waals surface area contributed by atoms with Gasteiger partial charge in [0.2, 0.25) is 5.92 Å². The number of Topliss-reactive ketones (excluding diaryl/α,β-unsaturated/α-hetero) is 1. The second kappa shape index (κ2) is 8.55. The summed E-state index contributed by atoms with van der Waals surface area (Å²) in [6.45, 7) is 0.0583. The van der Waals surface area contributed by atoms with Gasteiger partial charge in [-0.2, -0.15) is 0 Å². The molecule has 0 heterocycles. The first-order valence-corrected chi connectivity index (χ1v) is 8.97. The second-order valence-corrected chi connectivity index (χ2v) is 6.56. The van der Waals surface area contributed by atoms with Gasteiger partial charge in [0.15, 0.2) is 5.78 Å². The molecule has 2 atom stereocenters. The maximum atomic E-state index is 13.6. The lowest BCUT2D eigenvalue weighted by molar-refractivity contribution is -0.122. The fraction of sp³-hybridized carbons (Fsp3) is 0.529. The van der Waals surface area contributed by atoms with Crippen molar-refractivity contribution < 1.29 is 23.1 Å². The van der Waals surface area contributed by atoms with Crippen LogP contribution in [0.15, 0.2) is 30.3 Å². The second-order valence-electron chi connectivity index (χ2n) is 6.00. The summed E-state index contributed by atoms with van der Waals surface area (Å²) >= 11 is 3.05. The molecule has 1 aliphatic rings. The standard InChI is InChI=1S/C17H20BrF2NO3/c18-10-14(22)15(13-7-4-8-17(19,20)9-13)21-16(23)24-11-12-5-2-1-3-6-12/h1-3,5-6,13,15H,4,7-11H2,(H,21,23)/t13-,15+/m1/s1. The van der Waals surface area contributed by atoms with Crippen LogP contribution in [-0.4, -0.2) is 29.2 Å². The number of carbonyl (C=O) groups excluding carboxylic acids is 2. The van der Waals surface area contributed by atoms with Crippen LogP contribution in [0.4, 0.5) is 13.6 Å². The van der Waals surface area contributed by atoms with Gasteiger partial charge in [0, 0.05) is 12.8 Å². The largest absolute Gasteiger partial charge is 0.445 e. The third-order valence-electron chi connectivity index (χ3n) is 4.11. The van der Waals surface area contributed by atoms with Crippen LogP contribution < -0.4 is 5.32 Å². The number of carbonyl (C=O) groups is 2.